The Balaban J connectivity index is 1.01. The molecule has 8 rings (SSSR count). The second-order valence-electron chi connectivity index (χ2n) is 14.8. The average Bonchev–Trinajstić information content (AvgIpc) is 3.63. The largest absolute Gasteiger partial charge is 0.489 e. The molecule has 0 aliphatic carbocycles. The fourth-order valence-corrected chi connectivity index (χ4v) is 10.7. The SMILES string of the molecule is Cc1nc(N)sc1S(=O)(=O)N1Cc2cc3c(cc2C[C@H]1C(=O)N[C@@H](Cc1ccc(-c2ccc(C#N)cc2)cc1)C(=O)O)OC[C@H](c1ccc(OCc2ccc(Cl)c(Cl)c2)cc1)O3. The van der Waals surface area contributed by atoms with Gasteiger partial charge in [0.15, 0.2) is 26.9 Å². The van der Waals surface area contributed by atoms with E-state index in [9.17, 15) is 23.1 Å². The number of nitriles is 1. The molecule has 17 heteroatoms. The highest BCUT2D eigenvalue weighted by atomic mass is 35.5. The first-order valence-corrected chi connectivity index (χ1v) is 22.3. The molecule has 2 aliphatic heterocycles. The lowest BCUT2D eigenvalue weighted by Crippen LogP contribution is -2.55. The highest BCUT2D eigenvalue weighted by Gasteiger charge is 2.43. The maximum Gasteiger partial charge on any atom is 0.326 e. The molecule has 0 saturated carbocycles. The molecule has 1 amide bonds. The van der Waals surface area contributed by atoms with E-state index in [1.807, 2.05) is 54.6 Å². The number of carboxylic acid groups (broad SMARTS) is 1. The van der Waals surface area contributed by atoms with Gasteiger partial charge in [0.05, 0.1) is 27.4 Å². The number of aromatic nitrogens is 1. The van der Waals surface area contributed by atoms with E-state index in [0.717, 1.165) is 37.9 Å². The fraction of sp³-hybridized carbons (Fsp3) is 0.200. The highest BCUT2D eigenvalue weighted by Crippen LogP contribution is 2.42. The second kappa shape index (κ2) is 17.7. The van der Waals surface area contributed by atoms with Gasteiger partial charge in [-0.05, 0) is 101 Å². The summed E-state index contributed by atoms with van der Waals surface area (Å²) >= 11 is 13.0. The molecule has 1 aromatic heterocycles. The van der Waals surface area contributed by atoms with Crippen LogP contribution >= 0.6 is 34.5 Å². The molecule has 5 aromatic carbocycles. The number of nitrogen functional groups attached to an aromatic ring is 1. The van der Waals surface area contributed by atoms with E-state index in [1.54, 1.807) is 48.5 Å². The maximum absolute atomic E-state index is 14.4. The number of amides is 1. The smallest absolute Gasteiger partial charge is 0.326 e. The van der Waals surface area contributed by atoms with Crippen LogP contribution in [0.15, 0.2) is 107 Å². The Morgan fingerprint density at radius 2 is 1.65 bits per heavy atom. The summed E-state index contributed by atoms with van der Waals surface area (Å²) in [4.78, 5) is 30.9. The number of anilines is 1. The van der Waals surface area contributed by atoms with Crippen molar-refractivity contribution in [1.29, 1.82) is 5.26 Å². The summed E-state index contributed by atoms with van der Waals surface area (Å²) in [5, 5.41) is 23.0. The minimum absolute atomic E-state index is 0.0485. The summed E-state index contributed by atoms with van der Waals surface area (Å²) in [6.07, 6.45) is -0.637. The summed E-state index contributed by atoms with van der Waals surface area (Å²) in [5.41, 5.74) is 11.9. The Bertz CT molecular complexity index is 2830. The summed E-state index contributed by atoms with van der Waals surface area (Å²) in [7, 11) is -4.38. The Labute approximate surface area is 371 Å². The molecule has 3 atom stereocenters. The molecular weight excluding hydrogens is 874 g/mol. The lowest BCUT2D eigenvalue weighted by Gasteiger charge is -2.36. The molecule has 0 unspecified atom stereocenters. The van der Waals surface area contributed by atoms with E-state index >= 15 is 0 Å². The van der Waals surface area contributed by atoms with Crippen LogP contribution in [0.2, 0.25) is 10.0 Å². The first kappa shape index (κ1) is 42.5. The van der Waals surface area contributed by atoms with Crippen LogP contribution in [0.4, 0.5) is 5.13 Å². The number of rotatable bonds is 12. The van der Waals surface area contributed by atoms with Gasteiger partial charge < -0.3 is 30.4 Å². The van der Waals surface area contributed by atoms with Gasteiger partial charge in [0.2, 0.25) is 5.91 Å². The average molecular weight is 911 g/mol. The van der Waals surface area contributed by atoms with Crippen LogP contribution in [0, 0.1) is 18.3 Å². The summed E-state index contributed by atoms with van der Waals surface area (Å²) in [6.45, 7) is 1.77. The van der Waals surface area contributed by atoms with Crippen molar-refractivity contribution in [3.8, 4) is 34.4 Å². The monoisotopic (exact) mass is 909 g/mol. The molecule has 0 spiro atoms. The van der Waals surface area contributed by atoms with Crippen molar-refractivity contribution >= 4 is 61.6 Å². The number of ether oxygens (including phenoxy) is 3. The molecule has 3 heterocycles. The molecule has 0 fully saturated rings. The minimum atomic E-state index is -4.38. The molecular formula is C45H37Cl2N5O8S2. The van der Waals surface area contributed by atoms with E-state index in [0.29, 0.717) is 56.2 Å². The molecule has 0 saturated heterocycles. The number of nitrogens with two attached hydrogens (primary N) is 1. The van der Waals surface area contributed by atoms with Gasteiger partial charge in [-0.3, -0.25) is 4.79 Å². The van der Waals surface area contributed by atoms with Crippen LogP contribution in [-0.2, 0) is 45.6 Å². The molecule has 0 bridgehead atoms. The van der Waals surface area contributed by atoms with Crippen molar-refractivity contribution in [2.24, 2.45) is 0 Å². The van der Waals surface area contributed by atoms with Crippen molar-refractivity contribution in [2.75, 3.05) is 12.3 Å². The third-order valence-corrected chi connectivity index (χ3v) is 14.8. The van der Waals surface area contributed by atoms with Gasteiger partial charge >= 0.3 is 5.97 Å². The highest BCUT2D eigenvalue weighted by molar-refractivity contribution is 7.91. The molecule has 4 N–H and O–H groups in total. The second-order valence-corrected chi connectivity index (χ2v) is 18.7. The number of aliphatic carboxylic acids is 1. The van der Waals surface area contributed by atoms with Crippen LogP contribution < -0.4 is 25.3 Å². The number of aryl methyl sites for hydroxylation is 1. The fourth-order valence-electron chi connectivity index (χ4n) is 7.36. The van der Waals surface area contributed by atoms with Crippen molar-refractivity contribution in [3.63, 3.8) is 0 Å². The number of halogens is 2. The Morgan fingerprint density at radius 1 is 0.968 bits per heavy atom. The summed E-state index contributed by atoms with van der Waals surface area (Å²) in [6, 6.07) is 29.8. The van der Waals surface area contributed by atoms with Crippen LogP contribution in [0.1, 0.15) is 45.2 Å². The number of nitrogens with one attached hydrogen (secondary N) is 1. The Hall–Kier alpha value is -6.15. The first-order chi connectivity index (χ1) is 29.7. The van der Waals surface area contributed by atoms with Gasteiger partial charge in [0, 0.05) is 13.0 Å². The van der Waals surface area contributed by atoms with Gasteiger partial charge in [0.25, 0.3) is 10.0 Å². The lowest BCUT2D eigenvalue weighted by molar-refractivity contribution is -0.142. The topological polar surface area (TPSA) is 194 Å². The Kier molecular flexibility index (Phi) is 12.1. The Morgan fingerprint density at radius 3 is 2.29 bits per heavy atom. The zero-order valence-corrected chi connectivity index (χ0v) is 36.0. The van der Waals surface area contributed by atoms with Gasteiger partial charge in [-0.1, -0.05) is 89.1 Å². The van der Waals surface area contributed by atoms with E-state index in [1.165, 1.54) is 6.92 Å². The standard InChI is InChI=1S/C45H37Cl2N5O8S2/c1-25-44(61-45(49)50-25)62(56,57)52-22-33-20-40-39(59-24-41(60-40)31-11-13-34(14-12-31)58-23-28-6-15-35(46)36(47)16-28)19-32(33)18-38(52)42(53)51-37(43(54)55)17-26-2-7-29(8-3-26)30-9-4-27(21-48)5-10-30/h2-16,19-20,37-38,41H,17-18,22-24H2,1H3,(H2,49,50)(H,51,53)(H,54,55)/t37-,38-,41+/m0/s1. The van der Waals surface area contributed by atoms with Crippen LogP contribution in [0.25, 0.3) is 11.1 Å². The van der Waals surface area contributed by atoms with Crippen molar-refractivity contribution in [3.05, 3.63) is 152 Å². The van der Waals surface area contributed by atoms with Crippen LogP contribution in [-0.4, -0.2) is 53.4 Å². The molecule has 316 valence electrons. The van der Waals surface area contributed by atoms with E-state index in [2.05, 4.69) is 16.4 Å². The van der Waals surface area contributed by atoms with Crippen molar-refractivity contribution < 1.29 is 37.3 Å². The number of nitrogens with zero attached hydrogens (tertiary/aromatic N) is 3. The molecule has 6 aromatic rings. The van der Waals surface area contributed by atoms with Crippen molar-refractivity contribution in [2.45, 2.75) is 55.3 Å². The number of carboxylic acids is 1. The quantitative estimate of drug-likeness (QED) is 0.108. The number of hydrogen-bond donors (Lipinski definition) is 3. The number of carbonyl (C=O) groups excluding carboxylic acids is 1. The van der Waals surface area contributed by atoms with E-state index < -0.39 is 40.1 Å². The molecule has 0 radical (unpaired) electrons. The molecule has 13 nitrogen and oxygen atoms in total. The number of benzene rings is 5. The minimum Gasteiger partial charge on any atom is -0.489 e. The number of sulfonamides is 1. The van der Waals surface area contributed by atoms with Gasteiger partial charge in [0.1, 0.15) is 31.0 Å². The number of thiazole rings is 1. The number of fused-ring (bicyclic) bond motifs is 2. The zero-order valence-electron chi connectivity index (χ0n) is 32.9. The summed E-state index contributed by atoms with van der Waals surface area (Å²) in [5.74, 6) is -0.611. The van der Waals surface area contributed by atoms with Gasteiger partial charge in [-0.2, -0.15) is 9.57 Å². The lowest BCUT2D eigenvalue weighted by atomic mass is 9.94. The molecule has 62 heavy (non-hydrogen) atoms. The predicted octanol–water partition coefficient (Wildman–Crippen LogP) is 7.90. The zero-order chi connectivity index (χ0) is 43.7. The van der Waals surface area contributed by atoms with Gasteiger partial charge in [-0.15, -0.1) is 0 Å². The molecule has 2 aliphatic rings. The van der Waals surface area contributed by atoms with Crippen LogP contribution in [0.3, 0.4) is 0 Å². The van der Waals surface area contributed by atoms with Crippen LogP contribution in [0.5, 0.6) is 17.2 Å². The maximum atomic E-state index is 14.4. The number of hydrogen-bond acceptors (Lipinski definition) is 11. The number of carbonyl (C=O) groups is 2. The third kappa shape index (κ3) is 9.06. The van der Waals surface area contributed by atoms with Crippen molar-refractivity contribution in [1.82, 2.24) is 14.6 Å². The summed E-state index contributed by atoms with van der Waals surface area (Å²) < 4.78 is 48.3. The van der Waals surface area contributed by atoms with Gasteiger partial charge in [-0.25, -0.2) is 18.2 Å². The normalized spacial score (nSPS) is 16.4. The van der Waals surface area contributed by atoms with E-state index in [-0.39, 0.29) is 41.0 Å². The van der Waals surface area contributed by atoms with E-state index in [4.69, 9.17) is 48.4 Å². The first-order valence-electron chi connectivity index (χ1n) is 19.2. The third-order valence-electron chi connectivity index (χ3n) is 10.6. The predicted molar refractivity (Wildman–Crippen MR) is 234 cm³/mol.